The van der Waals surface area contributed by atoms with Crippen LogP contribution in [0.15, 0.2) is 18.2 Å². The number of benzene rings is 1. The summed E-state index contributed by atoms with van der Waals surface area (Å²) in [5.41, 5.74) is 3.04. The highest BCUT2D eigenvalue weighted by molar-refractivity contribution is 7.84. The SMILES string of the molecule is CCN(CC)CCOCC[C@H]1CCC2C3C(CC[C@@]21C)c1ccc(OS(N)(=O)=O)cc1C[C@H]3C. The van der Waals surface area contributed by atoms with Crippen LogP contribution >= 0.6 is 0 Å². The number of ether oxygens (including phenoxy) is 1. The second kappa shape index (κ2) is 10.5. The van der Waals surface area contributed by atoms with Gasteiger partial charge in [0.05, 0.1) is 6.61 Å². The minimum Gasteiger partial charge on any atom is -0.380 e. The van der Waals surface area contributed by atoms with Gasteiger partial charge in [0.1, 0.15) is 5.75 Å². The molecule has 0 spiro atoms. The van der Waals surface area contributed by atoms with Crippen LogP contribution in [0.4, 0.5) is 0 Å². The van der Waals surface area contributed by atoms with Gasteiger partial charge in [-0.2, -0.15) is 13.6 Å². The molecule has 3 aliphatic rings. The summed E-state index contributed by atoms with van der Waals surface area (Å²) in [6.07, 6.45) is 7.29. The summed E-state index contributed by atoms with van der Waals surface area (Å²) in [5.74, 6) is 3.68. The number of nitrogens with zero attached hydrogens (tertiary/aromatic N) is 1. The van der Waals surface area contributed by atoms with Crippen LogP contribution in [0.1, 0.15) is 76.8 Å². The van der Waals surface area contributed by atoms with Crippen LogP contribution in [0.3, 0.4) is 0 Å². The number of fused-ring (bicyclic) bond motifs is 5. The van der Waals surface area contributed by atoms with Crippen molar-refractivity contribution in [1.82, 2.24) is 4.90 Å². The summed E-state index contributed by atoms with van der Waals surface area (Å²) in [7, 11) is -4.00. The van der Waals surface area contributed by atoms with Gasteiger partial charge in [-0.05, 0) is 110 Å². The average Bonchev–Trinajstić information content (AvgIpc) is 3.11. The van der Waals surface area contributed by atoms with E-state index in [0.717, 1.165) is 51.1 Å². The van der Waals surface area contributed by atoms with Gasteiger partial charge in [0, 0.05) is 13.2 Å². The third-order valence-electron chi connectivity index (χ3n) is 9.51. The van der Waals surface area contributed by atoms with E-state index < -0.39 is 10.3 Å². The Morgan fingerprint density at radius 1 is 1.15 bits per heavy atom. The number of likely N-dealkylation sites (N-methyl/N-ethyl adjacent to an activating group) is 1. The van der Waals surface area contributed by atoms with E-state index in [1.165, 1.54) is 43.2 Å². The van der Waals surface area contributed by atoms with Crippen molar-refractivity contribution in [1.29, 1.82) is 0 Å². The van der Waals surface area contributed by atoms with E-state index in [9.17, 15) is 8.42 Å². The van der Waals surface area contributed by atoms with E-state index in [-0.39, 0.29) is 0 Å². The van der Waals surface area contributed by atoms with E-state index >= 15 is 0 Å². The van der Waals surface area contributed by atoms with Crippen LogP contribution in [0.2, 0.25) is 0 Å². The molecule has 0 saturated heterocycles. The lowest BCUT2D eigenvalue weighted by Crippen LogP contribution is -2.45. The predicted octanol–water partition coefficient (Wildman–Crippen LogP) is 4.74. The summed E-state index contributed by atoms with van der Waals surface area (Å²) in [6, 6.07) is 5.77. The maximum absolute atomic E-state index is 11.4. The fourth-order valence-corrected chi connectivity index (χ4v) is 8.16. The van der Waals surface area contributed by atoms with E-state index in [4.69, 9.17) is 14.1 Å². The molecule has 192 valence electrons. The van der Waals surface area contributed by atoms with Gasteiger partial charge in [-0.15, -0.1) is 0 Å². The molecule has 0 aromatic heterocycles. The molecule has 34 heavy (non-hydrogen) atoms. The van der Waals surface area contributed by atoms with Crippen molar-refractivity contribution < 1.29 is 17.3 Å². The molecule has 6 nitrogen and oxygen atoms in total. The summed E-state index contributed by atoms with van der Waals surface area (Å²) in [5, 5.41) is 5.08. The average molecular weight is 493 g/mol. The van der Waals surface area contributed by atoms with Gasteiger partial charge in [-0.25, -0.2) is 0 Å². The Balaban J connectivity index is 1.41. The van der Waals surface area contributed by atoms with Crippen molar-refractivity contribution in [3.63, 3.8) is 0 Å². The first-order chi connectivity index (χ1) is 16.2. The van der Waals surface area contributed by atoms with Crippen molar-refractivity contribution in [2.24, 2.45) is 34.2 Å². The largest absolute Gasteiger partial charge is 0.380 e. The minimum absolute atomic E-state index is 0.328. The molecule has 0 heterocycles. The quantitative estimate of drug-likeness (QED) is 0.477. The molecule has 0 aliphatic heterocycles. The molecule has 3 unspecified atom stereocenters. The zero-order chi connectivity index (χ0) is 24.5. The first-order valence-electron chi connectivity index (χ1n) is 13.3. The standard InChI is InChI=1S/C27H44N2O4S/c1-5-29(6-2)14-16-32-15-12-21-7-10-25-26-19(3)17-20-18-22(33-34(28,30)31)8-9-23(20)24(26)11-13-27(21,25)4/h8-9,18-19,21,24-26H,5-7,10-17H2,1-4H3,(H2,28,30,31)/t19-,21-,24?,25?,26?,27-/m1/s1. The van der Waals surface area contributed by atoms with Crippen molar-refractivity contribution >= 4 is 10.3 Å². The molecule has 1 aromatic carbocycles. The normalized spacial score (nSPS) is 32.8. The van der Waals surface area contributed by atoms with Gasteiger partial charge in [0.25, 0.3) is 0 Å². The maximum Gasteiger partial charge on any atom is 0.380 e. The Hall–Kier alpha value is -1.15. The van der Waals surface area contributed by atoms with Crippen molar-refractivity contribution in [3.8, 4) is 5.75 Å². The van der Waals surface area contributed by atoms with E-state index in [2.05, 4.69) is 38.7 Å². The highest BCUT2D eigenvalue weighted by Crippen LogP contribution is 2.64. The molecule has 2 saturated carbocycles. The highest BCUT2D eigenvalue weighted by Gasteiger charge is 2.55. The topological polar surface area (TPSA) is 81.9 Å². The van der Waals surface area contributed by atoms with Gasteiger partial charge < -0.3 is 13.8 Å². The van der Waals surface area contributed by atoms with Crippen LogP contribution in [0, 0.1) is 29.1 Å². The number of hydrogen-bond donors (Lipinski definition) is 1. The van der Waals surface area contributed by atoms with Gasteiger partial charge >= 0.3 is 10.3 Å². The lowest BCUT2D eigenvalue weighted by molar-refractivity contribution is -0.00511. The number of nitrogens with two attached hydrogens (primary N) is 1. The van der Waals surface area contributed by atoms with Crippen molar-refractivity contribution in [2.45, 2.75) is 72.1 Å². The molecule has 0 amide bonds. The summed E-state index contributed by atoms with van der Waals surface area (Å²) >= 11 is 0. The Morgan fingerprint density at radius 3 is 2.62 bits per heavy atom. The molecule has 6 atom stereocenters. The zero-order valence-corrected chi connectivity index (χ0v) is 22.3. The van der Waals surface area contributed by atoms with Crippen LogP contribution in [-0.4, -0.2) is 46.2 Å². The predicted molar refractivity (Wildman–Crippen MR) is 136 cm³/mol. The molecule has 7 heteroatoms. The molecule has 3 aliphatic carbocycles. The molecule has 0 radical (unpaired) electrons. The van der Waals surface area contributed by atoms with E-state index in [1.54, 1.807) is 6.07 Å². The second-order valence-electron chi connectivity index (χ2n) is 11.2. The van der Waals surface area contributed by atoms with Gasteiger partial charge in [0.2, 0.25) is 0 Å². The van der Waals surface area contributed by atoms with E-state index in [1.807, 2.05) is 6.07 Å². The summed E-state index contributed by atoms with van der Waals surface area (Å²) in [6.45, 7) is 14.3. The zero-order valence-electron chi connectivity index (χ0n) is 21.5. The molecule has 2 fully saturated rings. The van der Waals surface area contributed by atoms with Gasteiger partial charge in [-0.1, -0.05) is 33.8 Å². The molecule has 4 rings (SSSR count). The summed E-state index contributed by atoms with van der Waals surface area (Å²) < 4.78 is 33.8. The van der Waals surface area contributed by atoms with Crippen LogP contribution in [-0.2, 0) is 21.5 Å². The molecule has 0 bridgehead atoms. The Bertz CT molecular complexity index is 948. The summed E-state index contributed by atoms with van der Waals surface area (Å²) in [4.78, 5) is 2.42. The monoisotopic (exact) mass is 492 g/mol. The smallest absolute Gasteiger partial charge is 0.380 e. The number of hydrogen-bond acceptors (Lipinski definition) is 5. The first kappa shape index (κ1) is 25.9. The molecule has 1 aromatic rings. The first-order valence-corrected chi connectivity index (χ1v) is 14.8. The lowest BCUT2D eigenvalue weighted by Gasteiger charge is -2.53. The fourth-order valence-electron chi connectivity index (χ4n) is 7.78. The third-order valence-corrected chi connectivity index (χ3v) is 9.94. The van der Waals surface area contributed by atoms with Gasteiger partial charge in [0.15, 0.2) is 0 Å². The van der Waals surface area contributed by atoms with Crippen molar-refractivity contribution in [2.75, 3.05) is 32.8 Å². The van der Waals surface area contributed by atoms with Gasteiger partial charge in [-0.3, -0.25) is 0 Å². The number of rotatable bonds is 10. The Kier molecular flexibility index (Phi) is 7.97. The second-order valence-corrected chi connectivity index (χ2v) is 12.3. The van der Waals surface area contributed by atoms with Crippen LogP contribution in [0.5, 0.6) is 5.75 Å². The Labute approximate surface area is 206 Å². The Morgan fingerprint density at radius 2 is 1.91 bits per heavy atom. The maximum atomic E-state index is 11.4. The lowest BCUT2D eigenvalue weighted by atomic mass is 9.51. The van der Waals surface area contributed by atoms with Crippen LogP contribution < -0.4 is 9.32 Å². The molecular formula is C27H44N2O4S. The minimum atomic E-state index is -4.00. The third kappa shape index (κ3) is 5.32. The van der Waals surface area contributed by atoms with Crippen LogP contribution in [0.25, 0.3) is 0 Å². The van der Waals surface area contributed by atoms with E-state index in [0.29, 0.717) is 28.9 Å². The molecular weight excluding hydrogens is 448 g/mol. The highest BCUT2D eigenvalue weighted by atomic mass is 32.2. The molecule has 2 N–H and O–H groups in total. The fraction of sp³-hybridized carbons (Fsp3) is 0.778. The van der Waals surface area contributed by atoms with Crippen molar-refractivity contribution in [3.05, 3.63) is 29.3 Å².